The van der Waals surface area contributed by atoms with Gasteiger partial charge in [0, 0.05) is 28.2 Å². The van der Waals surface area contributed by atoms with E-state index in [1.54, 1.807) is 13.8 Å². The summed E-state index contributed by atoms with van der Waals surface area (Å²) in [4.78, 5) is 35.4. The summed E-state index contributed by atoms with van der Waals surface area (Å²) in [7, 11) is 1.23. The molecule has 1 aromatic rings. The molecule has 7 nitrogen and oxygen atoms in total. The van der Waals surface area contributed by atoms with E-state index in [-0.39, 0.29) is 23.8 Å². The number of non-ortho nitro benzene ring substituents is 1. The van der Waals surface area contributed by atoms with E-state index in [2.05, 4.69) is 20.7 Å². The molecule has 0 bridgehead atoms. The first-order valence-corrected chi connectivity index (χ1v) is 6.88. The first kappa shape index (κ1) is 17.1. The van der Waals surface area contributed by atoms with Crippen LogP contribution in [-0.2, 0) is 9.53 Å². The number of benzene rings is 1. The van der Waals surface area contributed by atoms with Gasteiger partial charge in [-0.1, -0.05) is 15.9 Å². The van der Waals surface area contributed by atoms with E-state index in [1.165, 1.54) is 30.2 Å². The van der Waals surface area contributed by atoms with Crippen molar-refractivity contribution in [2.45, 2.75) is 19.9 Å². The first-order chi connectivity index (χ1) is 9.76. The van der Waals surface area contributed by atoms with Crippen LogP contribution >= 0.6 is 15.9 Å². The van der Waals surface area contributed by atoms with Gasteiger partial charge in [-0.25, -0.2) is 0 Å². The molecule has 0 spiro atoms. The molecule has 0 atom stereocenters. The Morgan fingerprint density at radius 1 is 1.38 bits per heavy atom. The van der Waals surface area contributed by atoms with E-state index >= 15 is 0 Å². The van der Waals surface area contributed by atoms with Gasteiger partial charge in [0.05, 0.1) is 12.0 Å². The molecule has 0 saturated heterocycles. The highest BCUT2D eigenvalue weighted by Gasteiger charge is 2.24. The maximum absolute atomic E-state index is 12.4. The molecule has 1 rings (SSSR count). The van der Waals surface area contributed by atoms with E-state index in [0.717, 1.165) is 0 Å². The molecule has 1 amide bonds. The Morgan fingerprint density at radius 2 is 2.00 bits per heavy atom. The molecule has 1 aromatic carbocycles. The SMILES string of the molecule is COC(=O)CN(C(=O)c1cc(Br)cc([N+](=O)[O-])c1)C(C)C. The fourth-order valence-corrected chi connectivity index (χ4v) is 2.14. The highest BCUT2D eigenvalue weighted by Crippen LogP contribution is 2.22. The van der Waals surface area contributed by atoms with Crippen LogP contribution in [0.5, 0.6) is 0 Å². The first-order valence-electron chi connectivity index (χ1n) is 6.09. The molecule has 114 valence electrons. The molecule has 21 heavy (non-hydrogen) atoms. The van der Waals surface area contributed by atoms with Crippen LogP contribution in [0.1, 0.15) is 24.2 Å². The van der Waals surface area contributed by atoms with Gasteiger partial charge in [0.2, 0.25) is 0 Å². The lowest BCUT2D eigenvalue weighted by Gasteiger charge is -2.25. The van der Waals surface area contributed by atoms with Crippen LogP contribution in [0.2, 0.25) is 0 Å². The van der Waals surface area contributed by atoms with Crippen molar-refractivity contribution >= 4 is 33.5 Å². The number of hydrogen-bond donors (Lipinski definition) is 0. The summed E-state index contributed by atoms with van der Waals surface area (Å²) in [5.74, 6) is -1.03. The zero-order valence-corrected chi connectivity index (χ0v) is 13.4. The number of nitro benzene ring substituents is 1. The quantitative estimate of drug-likeness (QED) is 0.457. The number of hydrogen-bond acceptors (Lipinski definition) is 5. The molecule has 0 aliphatic rings. The van der Waals surface area contributed by atoms with Crippen LogP contribution < -0.4 is 0 Å². The fourth-order valence-electron chi connectivity index (χ4n) is 1.66. The zero-order chi connectivity index (χ0) is 16.2. The van der Waals surface area contributed by atoms with Gasteiger partial charge in [-0.3, -0.25) is 19.7 Å². The highest BCUT2D eigenvalue weighted by molar-refractivity contribution is 9.10. The lowest BCUT2D eigenvalue weighted by atomic mass is 10.1. The van der Waals surface area contributed by atoms with Crippen molar-refractivity contribution in [3.63, 3.8) is 0 Å². The molecule has 8 heteroatoms. The van der Waals surface area contributed by atoms with E-state index in [0.29, 0.717) is 4.47 Å². The topological polar surface area (TPSA) is 89.8 Å². The molecule has 0 aliphatic heterocycles. The van der Waals surface area contributed by atoms with Crippen molar-refractivity contribution in [3.05, 3.63) is 38.3 Å². The van der Waals surface area contributed by atoms with Crippen molar-refractivity contribution in [3.8, 4) is 0 Å². The van der Waals surface area contributed by atoms with Crippen molar-refractivity contribution in [2.75, 3.05) is 13.7 Å². The predicted octanol–water partition coefficient (Wildman–Crippen LogP) is 2.38. The van der Waals surface area contributed by atoms with Gasteiger partial charge < -0.3 is 9.64 Å². The standard InChI is InChI=1S/C13H15BrN2O5/c1-8(2)15(7-12(17)21-3)13(18)9-4-10(14)6-11(5-9)16(19)20/h4-6,8H,7H2,1-3H3. The Labute approximate surface area is 130 Å². The molecule has 0 N–H and O–H groups in total. The number of nitrogens with zero attached hydrogens (tertiary/aromatic N) is 2. The van der Waals surface area contributed by atoms with Crippen LogP contribution in [0.15, 0.2) is 22.7 Å². The summed E-state index contributed by atoms with van der Waals surface area (Å²) >= 11 is 3.13. The third kappa shape index (κ3) is 4.52. The molecule has 0 aromatic heterocycles. The number of methoxy groups -OCH3 is 1. The third-order valence-electron chi connectivity index (χ3n) is 2.75. The summed E-state index contributed by atoms with van der Waals surface area (Å²) in [5, 5.41) is 10.8. The Kier molecular flexibility index (Phi) is 5.83. The number of esters is 1. The lowest BCUT2D eigenvalue weighted by Crippen LogP contribution is -2.41. The summed E-state index contributed by atoms with van der Waals surface area (Å²) in [6.07, 6.45) is 0. The fraction of sp³-hybridized carbons (Fsp3) is 0.385. The normalized spacial score (nSPS) is 10.3. The summed E-state index contributed by atoms with van der Waals surface area (Å²) in [6.45, 7) is 3.27. The van der Waals surface area contributed by atoms with E-state index in [1.807, 2.05) is 0 Å². The minimum atomic E-state index is -0.582. The maximum Gasteiger partial charge on any atom is 0.325 e. The number of rotatable bonds is 5. The molecule has 0 heterocycles. The molecule has 0 fully saturated rings. The summed E-state index contributed by atoms with van der Waals surface area (Å²) in [5.41, 5.74) is -0.0665. The molecular formula is C13H15BrN2O5. The van der Waals surface area contributed by atoms with E-state index in [9.17, 15) is 19.7 Å². The number of nitro groups is 1. The molecule has 0 aliphatic carbocycles. The summed E-state index contributed by atoms with van der Waals surface area (Å²) < 4.78 is 4.97. The Hall–Kier alpha value is -1.96. The second-order valence-electron chi connectivity index (χ2n) is 4.56. The Balaban J connectivity index is 3.14. The van der Waals surface area contributed by atoms with Crippen molar-refractivity contribution in [1.29, 1.82) is 0 Å². The Bertz CT molecular complexity index is 574. The van der Waals surface area contributed by atoms with Crippen LogP contribution in [0.25, 0.3) is 0 Å². The average molecular weight is 359 g/mol. The number of ether oxygens (including phenoxy) is 1. The zero-order valence-electron chi connectivity index (χ0n) is 11.8. The van der Waals surface area contributed by atoms with Gasteiger partial charge in [-0.2, -0.15) is 0 Å². The number of amides is 1. The third-order valence-corrected chi connectivity index (χ3v) is 3.21. The van der Waals surface area contributed by atoms with Crippen molar-refractivity contribution in [1.82, 2.24) is 4.90 Å². The van der Waals surface area contributed by atoms with Crippen LogP contribution in [0, 0.1) is 10.1 Å². The monoisotopic (exact) mass is 358 g/mol. The maximum atomic E-state index is 12.4. The smallest absolute Gasteiger partial charge is 0.325 e. The summed E-state index contributed by atoms with van der Waals surface area (Å²) in [6, 6.07) is 3.70. The average Bonchev–Trinajstić information content (AvgIpc) is 2.42. The van der Waals surface area contributed by atoms with Gasteiger partial charge in [-0.05, 0) is 19.9 Å². The van der Waals surface area contributed by atoms with Gasteiger partial charge in [-0.15, -0.1) is 0 Å². The van der Waals surface area contributed by atoms with Crippen LogP contribution in [0.3, 0.4) is 0 Å². The highest BCUT2D eigenvalue weighted by atomic mass is 79.9. The molecule has 0 unspecified atom stereocenters. The van der Waals surface area contributed by atoms with E-state index in [4.69, 9.17) is 0 Å². The molecule has 0 saturated carbocycles. The van der Waals surface area contributed by atoms with E-state index < -0.39 is 16.8 Å². The van der Waals surface area contributed by atoms with Gasteiger partial charge in [0.15, 0.2) is 0 Å². The van der Waals surface area contributed by atoms with Crippen molar-refractivity contribution in [2.24, 2.45) is 0 Å². The second-order valence-corrected chi connectivity index (χ2v) is 5.47. The minimum Gasteiger partial charge on any atom is -0.468 e. The lowest BCUT2D eigenvalue weighted by molar-refractivity contribution is -0.385. The second kappa shape index (κ2) is 7.16. The minimum absolute atomic E-state index is 0.133. The molecular weight excluding hydrogens is 344 g/mol. The number of carbonyl (C=O) groups is 2. The largest absolute Gasteiger partial charge is 0.468 e. The predicted molar refractivity (Wildman–Crippen MR) is 79.0 cm³/mol. The molecule has 0 radical (unpaired) electrons. The van der Waals surface area contributed by atoms with Crippen LogP contribution in [-0.4, -0.2) is 41.4 Å². The Morgan fingerprint density at radius 3 is 2.48 bits per heavy atom. The van der Waals surface area contributed by atoms with Crippen LogP contribution in [0.4, 0.5) is 5.69 Å². The number of carbonyl (C=O) groups excluding carboxylic acids is 2. The van der Waals surface area contributed by atoms with Gasteiger partial charge in [0.25, 0.3) is 11.6 Å². The van der Waals surface area contributed by atoms with Crippen molar-refractivity contribution < 1.29 is 19.2 Å². The van der Waals surface area contributed by atoms with Gasteiger partial charge in [0.1, 0.15) is 6.54 Å². The van der Waals surface area contributed by atoms with Gasteiger partial charge >= 0.3 is 5.97 Å². The number of halogens is 1.